The fourth-order valence-electron chi connectivity index (χ4n) is 2.98. The first kappa shape index (κ1) is 11.5. The molecule has 1 aromatic carbocycles. The van der Waals surface area contributed by atoms with Crippen LogP contribution in [0.1, 0.15) is 0 Å². The molecule has 0 saturated carbocycles. The molecule has 0 saturated heterocycles. The van der Waals surface area contributed by atoms with Crippen LogP contribution in [0.2, 0.25) is 0 Å². The molecule has 2 aliphatic heterocycles. The Morgan fingerprint density at radius 1 is 1.14 bits per heavy atom. The Kier molecular flexibility index (Phi) is 2.18. The van der Waals surface area contributed by atoms with Crippen LogP contribution in [-0.4, -0.2) is 16.3 Å². The molecule has 0 bridgehead atoms. The Morgan fingerprint density at radius 3 is 3.14 bits per heavy atom. The molecule has 3 aromatic rings. The Morgan fingerprint density at radius 2 is 2.14 bits per heavy atom. The Bertz CT molecular complexity index is 952. The van der Waals surface area contributed by atoms with Gasteiger partial charge < -0.3 is 5.32 Å². The quantitative estimate of drug-likeness (QED) is 0.746. The number of nitrogens with one attached hydrogen (secondary N) is 1. The van der Waals surface area contributed by atoms with Crippen LogP contribution in [0.5, 0.6) is 0 Å². The van der Waals surface area contributed by atoms with Gasteiger partial charge in [-0.3, -0.25) is 4.90 Å². The first-order valence-electron chi connectivity index (χ1n) is 7.09. The lowest BCUT2D eigenvalue weighted by Gasteiger charge is -2.25. The maximum absolute atomic E-state index is 4.30. The van der Waals surface area contributed by atoms with Gasteiger partial charge in [-0.05, 0) is 29.8 Å². The lowest BCUT2D eigenvalue weighted by Crippen LogP contribution is -2.22. The van der Waals surface area contributed by atoms with Crippen molar-refractivity contribution in [3.05, 3.63) is 60.8 Å². The molecule has 0 unspecified atom stereocenters. The molecule has 0 spiro atoms. The highest BCUT2D eigenvalue weighted by Gasteiger charge is 2.23. The lowest BCUT2D eigenvalue weighted by molar-refractivity contribution is 0.962. The van der Waals surface area contributed by atoms with Crippen LogP contribution >= 0.6 is 0 Å². The van der Waals surface area contributed by atoms with Crippen molar-refractivity contribution in [1.82, 2.24) is 9.61 Å². The number of hydrogen-bond acceptors (Lipinski definition) is 5. The molecule has 1 N–H and O–H groups in total. The second kappa shape index (κ2) is 4.17. The second-order valence-electron chi connectivity index (χ2n) is 5.27. The smallest absolute Gasteiger partial charge is 0.173 e. The molecule has 5 rings (SSSR count). The third-order valence-electron chi connectivity index (χ3n) is 4.05. The van der Waals surface area contributed by atoms with Crippen molar-refractivity contribution < 1.29 is 0 Å². The van der Waals surface area contributed by atoms with Gasteiger partial charge in [-0.15, -0.1) is 5.11 Å². The fourth-order valence-corrected chi connectivity index (χ4v) is 2.98. The van der Waals surface area contributed by atoms with Crippen LogP contribution in [0.3, 0.4) is 0 Å². The van der Waals surface area contributed by atoms with E-state index in [1.54, 1.807) is 0 Å². The summed E-state index contributed by atoms with van der Waals surface area (Å²) in [5.74, 6) is 0.854. The van der Waals surface area contributed by atoms with E-state index >= 15 is 0 Å². The first-order chi connectivity index (χ1) is 10.9. The van der Waals surface area contributed by atoms with Crippen LogP contribution in [0.4, 0.5) is 11.4 Å². The monoisotopic (exact) mass is 288 g/mol. The third-order valence-corrected chi connectivity index (χ3v) is 4.05. The summed E-state index contributed by atoms with van der Waals surface area (Å²) in [7, 11) is 0. The van der Waals surface area contributed by atoms with E-state index in [1.165, 1.54) is 0 Å². The first-order valence-corrected chi connectivity index (χ1v) is 7.09. The zero-order chi connectivity index (χ0) is 14.5. The van der Waals surface area contributed by atoms with E-state index in [-0.39, 0.29) is 0 Å². The lowest BCUT2D eigenvalue weighted by atomic mass is 10.0. The summed E-state index contributed by atoms with van der Waals surface area (Å²) in [5.41, 5.74) is 5.58. The number of pyridine rings is 1. The third kappa shape index (κ3) is 1.52. The van der Waals surface area contributed by atoms with Crippen LogP contribution in [0.15, 0.2) is 71.0 Å². The van der Waals surface area contributed by atoms with Gasteiger partial charge in [-0.25, -0.2) is 4.52 Å². The molecule has 2 aliphatic rings. The summed E-state index contributed by atoms with van der Waals surface area (Å²) in [6, 6.07) is 12.5. The molecule has 0 fully saturated rings. The van der Waals surface area contributed by atoms with Crippen LogP contribution < -0.4 is 10.2 Å². The normalized spacial score (nSPS) is 15.5. The van der Waals surface area contributed by atoms with E-state index in [0.29, 0.717) is 6.67 Å². The molecule has 6 heteroatoms. The highest BCUT2D eigenvalue weighted by molar-refractivity contribution is 5.86. The largest absolute Gasteiger partial charge is 0.357 e. The summed E-state index contributed by atoms with van der Waals surface area (Å²) in [6.45, 7) is 0.570. The average Bonchev–Trinajstić information content (AvgIpc) is 3.22. The standard InChI is InChI=1S/C16H12N6/c1-2-12(14-5-6-19-22(14)7-1)11-3-4-13-15(8-11)21-10-18-20-16(21)9-17-13/h1-9,17H,10H2. The van der Waals surface area contributed by atoms with Crippen LogP contribution in [0, 0.1) is 0 Å². The number of anilines is 2. The van der Waals surface area contributed by atoms with Crippen molar-refractivity contribution in [2.24, 2.45) is 10.2 Å². The topological polar surface area (TPSA) is 57.3 Å². The van der Waals surface area contributed by atoms with E-state index in [4.69, 9.17) is 0 Å². The molecule has 22 heavy (non-hydrogen) atoms. The van der Waals surface area contributed by atoms with Crippen molar-refractivity contribution in [3.63, 3.8) is 0 Å². The highest BCUT2D eigenvalue weighted by Crippen LogP contribution is 2.38. The summed E-state index contributed by atoms with van der Waals surface area (Å²) >= 11 is 0. The van der Waals surface area contributed by atoms with Crippen molar-refractivity contribution in [1.29, 1.82) is 0 Å². The van der Waals surface area contributed by atoms with Gasteiger partial charge in [-0.1, -0.05) is 12.1 Å². The minimum Gasteiger partial charge on any atom is -0.357 e. The van der Waals surface area contributed by atoms with Crippen molar-refractivity contribution in [2.75, 3.05) is 16.9 Å². The number of azo groups is 1. The zero-order valence-electron chi connectivity index (χ0n) is 11.6. The van der Waals surface area contributed by atoms with E-state index in [1.807, 2.05) is 35.2 Å². The van der Waals surface area contributed by atoms with E-state index in [0.717, 1.165) is 33.8 Å². The van der Waals surface area contributed by atoms with E-state index < -0.39 is 0 Å². The molecule has 0 atom stereocenters. The van der Waals surface area contributed by atoms with Gasteiger partial charge in [0, 0.05) is 24.2 Å². The van der Waals surface area contributed by atoms with Gasteiger partial charge in [0.2, 0.25) is 0 Å². The van der Waals surface area contributed by atoms with Gasteiger partial charge in [0.05, 0.1) is 16.9 Å². The Balaban J connectivity index is 1.69. The number of aromatic nitrogens is 2. The molecule has 6 nitrogen and oxygen atoms in total. The molecule has 0 aliphatic carbocycles. The number of rotatable bonds is 1. The van der Waals surface area contributed by atoms with E-state index in [9.17, 15) is 0 Å². The SMILES string of the molecule is C1=C2N=NCN2c2cc(-c3cccn4nccc34)ccc2N1. The van der Waals surface area contributed by atoms with Gasteiger partial charge in [0.25, 0.3) is 0 Å². The molecular formula is C16H12N6. The minimum absolute atomic E-state index is 0.570. The van der Waals surface area contributed by atoms with Crippen LogP contribution in [0.25, 0.3) is 16.6 Å². The van der Waals surface area contributed by atoms with Gasteiger partial charge in [0.15, 0.2) is 5.82 Å². The average molecular weight is 288 g/mol. The number of fused-ring (bicyclic) bond motifs is 4. The summed E-state index contributed by atoms with van der Waals surface area (Å²) in [4.78, 5) is 2.10. The molecule has 2 aromatic heterocycles. The number of benzene rings is 1. The van der Waals surface area contributed by atoms with E-state index in [2.05, 4.69) is 49.8 Å². The number of hydrogen-bond donors (Lipinski definition) is 1. The van der Waals surface area contributed by atoms with Crippen molar-refractivity contribution >= 4 is 16.9 Å². The predicted molar refractivity (Wildman–Crippen MR) is 84.5 cm³/mol. The van der Waals surface area contributed by atoms with Gasteiger partial charge in [-0.2, -0.15) is 10.2 Å². The van der Waals surface area contributed by atoms with Gasteiger partial charge >= 0.3 is 0 Å². The van der Waals surface area contributed by atoms with Crippen LogP contribution in [-0.2, 0) is 0 Å². The van der Waals surface area contributed by atoms with Crippen molar-refractivity contribution in [2.45, 2.75) is 0 Å². The summed E-state index contributed by atoms with van der Waals surface area (Å²) in [5, 5.41) is 15.8. The Labute approximate surface area is 126 Å². The fraction of sp³-hybridized carbons (Fsp3) is 0.0625. The number of nitrogens with zero attached hydrogens (tertiary/aromatic N) is 5. The Hall–Kier alpha value is -3.15. The molecular weight excluding hydrogens is 276 g/mol. The minimum atomic E-state index is 0.570. The molecule has 0 radical (unpaired) electrons. The second-order valence-corrected chi connectivity index (χ2v) is 5.27. The summed E-state index contributed by atoms with van der Waals surface area (Å²) in [6.07, 6.45) is 5.66. The summed E-state index contributed by atoms with van der Waals surface area (Å²) < 4.78 is 1.89. The maximum atomic E-state index is 4.30. The molecule has 0 amide bonds. The van der Waals surface area contributed by atoms with Gasteiger partial charge in [0.1, 0.15) is 6.67 Å². The predicted octanol–water partition coefficient (Wildman–Crippen LogP) is 3.46. The maximum Gasteiger partial charge on any atom is 0.173 e. The molecule has 106 valence electrons. The van der Waals surface area contributed by atoms with Crippen molar-refractivity contribution in [3.8, 4) is 11.1 Å². The zero-order valence-corrected chi connectivity index (χ0v) is 11.6. The molecule has 4 heterocycles. The highest BCUT2D eigenvalue weighted by atomic mass is 15.4.